The van der Waals surface area contributed by atoms with Gasteiger partial charge in [-0.3, -0.25) is 9.69 Å². The molecule has 0 radical (unpaired) electrons. The zero-order valence-corrected chi connectivity index (χ0v) is 17.3. The van der Waals surface area contributed by atoms with E-state index < -0.39 is 0 Å². The SMILES string of the molecule is CN(C(=O)c1ccc(Cn2cnc3cccc(F)c32)cc1)[C@@H]1CCN(C2CCC2)C1. The highest BCUT2D eigenvalue weighted by molar-refractivity contribution is 5.94. The van der Waals surface area contributed by atoms with Crippen molar-refractivity contribution in [3.8, 4) is 0 Å². The first-order valence-corrected chi connectivity index (χ1v) is 10.8. The van der Waals surface area contributed by atoms with Gasteiger partial charge in [-0.25, -0.2) is 9.37 Å². The van der Waals surface area contributed by atoms with Crippen LogP contribution in [-0.2, 0) is 6.54 Å². The molecule has 2 aromatic carbocycles. The van der Waals surface area contributed by atoms with Crippen molar-refractivity contribution in [1.29, 1.82) is 0 Å². The van der Waals surface area contributed by atoms with E-state index >= 15 is 0 Å². The fraction of sp³-hybridized carbons (Fsp3) is 0.417. The van der Waals surface area contributed by atoms with Gasteiger partial charge in [-0.15, -0.1) is 0 Å². The second-order valence-corrected chi connectivity index (χ2v) is 8.62. The zero-order chi connectivity index (χ0) is 20.7. The normalized spacial score (nSPS) is 19.9. The molecule has 1 atom stereocenters. The van der Waals surface area contributed by atoms with Crippen molar-refractivity contribution in [3.05, 3.63) is 65.7 Å². The van der Waals surface area contributed by atoms with E-state index in [1.807, 2.05) is 42.3 Å². The molecule has 0 bridgehead atoms. The Balaban J connectivity index is 1.26. The van der Waals surface area contributed by atoms with Gasteiger partial charge in [0, 0.05) is 44.3 Å². The minimum Gasteiger partial charge on any atom is -0.337 e. The zero-order valence-electron chi connectivity index (χ0n) is 17.3. The third-order valence-corrected chi connectivity index (χ3v) is 6.80. The summed E-state index contributed by atoms with van der Waals surface area (Å²) in [6.07, 6.45) is 6.67. The molecule has 1 aliphatic carbocycles. The standard InChI is InChI=1S/C24H27FN4O/c1-27(20-12-13-28(15-20)19-4-2-5-19)24(30)18-10-8-17(9-11-18)14-29-16-26-22-7-3-6-21(25)23(22)29/h3,6-11,16,19-20H,2,4-5,12-15H2,1H3/t20-/m1/s1. The molecule has 0 spiro atoms. The molecule has 5 rings (SSSR count). The molecule has 1 saturated carbocycles. The first-order valence-electron chi connectivity index (χ1n) is 10.8. The Morgan fingerprint density at radius 1 is 1.17 bits per heavy atom. The number of hydrogen-bond donors (Lipinski definition) is 0. The Kier molecular flexibility index (Phi) is 5.03. The second kappa shape index (κ2) is 7.84. The summed E-state index contributed by atoms with van der Waals surface area (Å²) in [7, 11) is 1.92. The number of likely N-dealkylation sites (N-methyl/N-ethyl adjacent to an activating group) is 1. The molecule has 1 amide bonds. The van der Waals surface area contributed by atoms with Crippen LogP contribution in [0, 0.1) is 5.82 Å². The molecule has 30 heavy (non-hydrogen) atoms. The first-order chi connectivity index (χ1) is 14.6. The summed E-state index contributed by atoms with van der Waals surface area (Å²) in [5.74, 6) is -0.202. The molecule has 0 unspecified atom stereocenters. The Hall–Kier alpha value is -2.73. The largest absolute Gasteiger partial charge is 0.337 e. The summed E-state index contributed by atoms with van der Waals surface area (Å²) in [4.78, 5) is 21.7. The van der Waals surface area contributed by atoms with Crippen LogP contribution in [0.5, 0.6) is 0 Å². The number of carbonyl (C=O) groups is 1. The monoisotopic (exact) mass is 406 g/mol. The summed E-state index contributed by atoms with van der Waals surface area (Å²) >= 11 is 0. The Morgan fingerprint density at radius 3 is 2.70 bits per heavy atom. The minimum absolute atomic E-state index is 0.0705. The molecule has 1 aliphatic heterocycles. The summed E-state index contributed by atoms with van der Waals surface area (Å²) < 4.78 is 16.0. The lowest BCUT2D eigenvalue weighted by Gasteiger charge is -2.35. The predicted octanol–water partition coefficient (Wildman–Crippen LogP) is 3.92. The lowest BCUT2D eigenvalue weighted by Crippen LogP contribution is -2.43. The van der Waals surface area contributed by atoms with Crippen LogP contribution in [0.2, 0.25) is 0 Å². The number of likely N-dealkylation sites (tertiary alicyclic amines) is 1. The van der Waals surface area contributed by atoms with E-state index in [1.165, 1.54) is 25.3 Å². The fourth-order valence-corrected chi connectivity index (χ4v) is 4.69. The van der Waals surface area contributed by atoms with Gasteiger partial charge in [0.05, 0.1) is 11.8 Å². The van der Waals surface area contributed by atoms with E-state index in [2.05, 4.69) is 9.88 Å². The van der Waals surface area contributed by atoms with Gasteiger partial charge in [-0.05, 0) is 49.1 Å². The number of imidazole rings is 1. The van der Waals surface area contributed by atoms with E-state index in [4.69, 9.17) is 0 Å². The van der Waals surface area contributed by atoms with Crippen molar-refractivity contribution in [2.45, 2.75) is 44.3 Å². The summed E-state index contributed by atoms with van der Waals surface area (Å²) in [5, 5.41) is 0. The first kappa shape index (κ1) is 19.2. The van der Waals surface area contributed by atoms with Crippen molar-refractivity contribution in [2.24, 2.45) is 0 Å². The maximum absolute atomic E-state index is 14.2. The number of aromatic nitrogens is 2. The lowest BCUT2D eigenvalue weighted by molar-refractivity contribution is 0.0720. The van der Waals surface area contributed by atoms with Crippen LogP contribution >= 0.6 is 0 Å². The Morgan fingerprint density at radius 2 is 1.97 bits per heavy atom. The molecule has 2 aliphatic rings. The molecule has 1 saturated heterocycles. The molecular formula is C24H27FN4O. The van der Waals surface area contributed by atoms with Crippen molar-refractivity contribution >= 4 is 16.9 Å². The topological polar surface area (TPSA) is 41.4 Å². The van der Waals surface area contributed by atoms with Crippen LogP contribution in [0.3, 0.4) is 0 Å². The van der Waals surface area contributed by atoms with E-state index in [0.717, 1.165) is 31.1 Å². The number of benzene rings is 2. The van der Waals surface area contributed by atoms with Crippen molar-refractivity contribution < 1.29 is 9.18 Å². The molecule has 2 heterocycles. The van der Waals surface area contributed by atoms with Crippen molar-refractivity contribution in [1.82, 2.24) is 19.4 Å². The third kappa shape index (κ3) is 3.49. The van der Waals surface area contributed by atoms with Gasteiger partial charge >= 0.3 is 0 Å². The highest BCUT2D eigenvalue weighted by Gasteiger charge is 2.34. The molecule has 0 N–H and O–H groups in total. The average molecular weight is 407 g/mol. The van der Waals surface area contributed by atoms with E-state index in [9.17, 15) is 9.18 Å². The van der Waals surface area contributed by atoms with E-state index in [-0.39, 0.29) is 17.8 Å². The average Bonchev–Trinajstić information content (AvgIpc) is 3.35. The highest BCUT2D eigenvalue weighted by atomic mass is 19.1. The summed E-state index contributed by atoms with van der Waals surface area (Å²) in [6, 6.07) is 13.6. The molecule has 2 fully saturated rings. The molecule has 156 valence electrons. The van der Waals surface area contributed by atoms with Gasteiger partial charge < -0.3 is 9.47 Å². The summed E-state index contributed by atoms with van der Waals surface area (Å²) in [5.41, 5.74) is 2.87. The molecule has 1 aromatic heterocycles. The van der Waals surface area contributed by atoms with Gasteiger partial charge in [-0.1, -0.05) is 24.6 Å². The predicted molar refractivity (Wildman–Crippen MR) is 115 cm³/mol. The van der Waals surface area contributed by atoms with Crippen LogP contribution < -0.4 is 0 Å². The van der Waals surface area contributed by atoms with E-state index in [0.29, 0.717) is 23.1 Å². The van der Waals surface area contributed by atoms with Crippen LogP contribution in [0.25, 0.3) is 11.0 Å². The second-order valence-electron chi connectivity index (χ2n) is 8.62. The van der Waals surface area contributed by atoms with Crippen LogP contribution in [0.15, 0.2) is 48.8 Å². The smallest absolute Gasteiger partial charge is 0.253 e. The Labute approximate surface area is 176 Å². The molecule has 5 nitrogen and oxygen atoms in total. The Bertz CT molecular complexity index is 1060. The number of para-hydroxylation sites is 1. The molecule has 6 heteroatoms. The highest BCUT2D eigenvalue weighted by Crippen LogP contribution is 2.29. The van der Waals surface area contributed by atoms with Gasteiger partial charge in [-0.2, -0.15) is 0 Å². The third-order valence-electron chi connectivity index (χ3n) is 6.80. The van der Waals surface area contributed by atoms with Gasteiger partial charge in [0.15, 0.2) is 0 Å². The minimum atomic E-state index is -0.272. The number of nitrogens with zero attached hydrogens (tertiary/aromatic N) is 4. The van der Waals surface area contributed by atoms with Crippen molar-refractivity contribution in [3.63, 3.8) is 0 Å². The summed E-state index contributed by atoms with van der Waals surface area (Å²) in [6.45, 7) is 2.60. The molecule has 3 aromatic rings. The van der Waals surface area contributed by atoms with Crippen LogP contribution in [-0.4, -0.2) is 57.5 Å². The number of rotatable bonds is 5. The number of amides is 1. The van der Waals surface area contributed by atoms with Crippen LogP contribution in [0.4, 0.5) is 4.39 Å². The fourth-order valence-electron chi connectivity index (χ4n) is 4.69. The maximum atomic E-state index is 14.2. The van der Waals surface area contributed by atoms with Gasteiger partial charge in [0.2, 0.25) is 0 Å². The quantitative estimate of drug-likeness (QED) is 0.645. The van der Waals surface area contributed by atoms with E-state index in [1.54, 1.807) is 17.0 Å². The van der Waals surface area contributed by atoms with Crippen molar-refractivity contribution in [2.75, 3.05) is 20.1 Å². The lowest BCUT2D eigenvalue weighted by atomic mass is 9.92. The molecular weight excluding hydrogens is 379 g/mol. The maximum Gasteiger partial charge on any atom is 0.253 e. The van der Waals surface area contributed by atoms with Gasteiger partial charge in [0.1, 0.15) is 11.3 Å². The number of hydrogen-bond acceptors (Lipinski definition) is 3. The number of carbonyl (C=O) groups excluding carboxylic acids is 1. The van der Waals surface area contributed by atoms with Gasteiger partial charge in [0.25, 0.3) is 5.91 Å². The number of fused-ring (bicyclic) bond motifs is 1. The number of halogens is 1. The van der Waals surface area contributed by atoms with Crippen LogP contribution in [0.1, 0.15) is 41.6 Å².